The van der Waals surface area contributed by atoms with Gasteiger partial charge in [-0.3, -0.25) is 29.4 Å². The standard InChI is InChI=1S/C20H17N3O8/c24-15(11-1-4-16-17(7-11)31-6-5-30-16)9-21-18(25)10-22-19(26)13-3-2-12(23(28)29)8-14(13)20(22)27/h1-4,7-8,15,24H,5-6,9-10H2,(H,21,25). The summed E-state index contributed by atoms with van der Waals surface area (Å²) in [6.45, 7) is 0.101. The molecule has 3 amide bonds. The number of nitro groups is 1. The van der Waals surface area contributed by atoms with Gasteiger partial charge >= 0.3 is 0 Å². The van der Waals surface area contributed by atoms with Crippen LogP contribution in [0.5, 0.6) is 11.5 Å². The first-order valence-electron chi connectivity index (χ1n) is 9.34. The largest absolute Gasteiger partial charge is 0.486 e. The van der Waals surface area contributed by atoms with Gasteiger partial charge in [0.15, 0.2) is 11.5 Å². The minimum Gasteiger partial charge on any atom is -0.486 e. The average molecular weight is 427 g/mol. The second-order valence-electron chi connectivity index (χ2n) is 6.91. The lowest BCUT2D eigenvalue weighted by Crippen LogP contribution is -2.41. The lowest BCUT2D eigenvalue weighted by molar-refractivity contribution is -0.384. The van der Waals surface area contributed by atoms with Gasteiger partial charge in [0.1, 0.15) is 19.8 Å². The molecule has 0 fully saturated rings. The van der Waals surface area contributed by atoms with Crippen LogP contribution in [-0.4, -0.2) is 59.0 Å². The van der Waals surface area contributed by atoms with Crippen molar-refractivity contribution < 1.29 is 33.9 Å². The first-order valence-corrected chi connectivity index (χ1v) is 9.34. The number of nitrogens with one attached hydrogen (secondary N) is 1. The highest BCUT2D eigenvalue weighted by Crippen LogP contribution is 2.32. The molecule has 2 N–H and O–H groups in total. The molecule has 1 unspecified atom stereocenters. The molecule has 0 radical (unpaired) electrons. The molecule has 31 heavy (non-hydrogen) atoms. The van der Waals surface area contributed by atoms with Crippen LogP contribution in [0.4, 0.5) is 5.69 Å². The van der Waals surface area contributed by atoms with Gasteiger partial charge in [-0.05, 0) is 23.8 Å². The minimum atomic E-state index is -1.05. The second kappa shape index (κ2) is 8.03. The summed E-state index contributed by atoms with van der Waals surface area (Å²) in [6, 6.07) is 8.24. The number of non-ortho nitro benzene ring substituents is 1. The molecule has 2 heterocycles. The van der Waals surface area contributed by atoms with Crippen LogP contribution in [0.15, 0.2) is 36.4 Å². The van der Waals surface area contributed by atoms with Gasteiger partial charge in [0.2, 0.25) is 5.91 Å². The van der Waals surface area contributed by atoms with E-state index in [2.05, 4.69) is 5.32 Å². The zero-order valence-electron chi connectivity index (χ0n) is 16.1. The van der Waals surface area contributed by atoms with Crippen LogP contribution in [0.1, 0.15) is 32.4 Å². The maximum Gasteiger partial charge on any atom is 0.270 e. The Morgan fingerprint density at radius 3 is 2.55 bits per heavy atom. The molecule has 2 aromatic carbocycles. The monoisotopic (exact) mass is 427 g/mol. The number of benzene rings is 2. The number of carbonyl (C=O) groups is 3. The summed E-state index contributed by atoms with van der Waals surface area (Å²) in [6.07, 6.45) is -1.05. The maximum atomic E-state index is 12.4. The number of amides is 3. The van der Waals surface area contributed by atoms with Crippen LogP contribution in [0.2, 0.25) is 0 Å². The number of nitro benzene ring substituents is 1. The predicted octanol–water partition coefficient (Wildman–Crippen LogP) is 0.812. The van der Waals surface area contributed by atoms with E-state index < -0.39 is 35.3 Å². The lowest BCUT2D eigenvalue weighted by atomic mass is 10.1. The second-order valence-corrected chi connectivity index (χ2v) is 6.91. The maximum absolute atomic E-state index is 12.4. The molecule has 0 bridgehead atoms. The van der Waals surface area contributed by atoms with Crippen LogP contribution in [0, 0.1) is 10.1 Å². The summed E-state index contributed by atoms with van der Waals surface area (Å²) >= 11 is 0. The van der Waals surface area contributed by atoms with E-state index in [9.17, 15) is 29.6 Å². The van der Waals surface area contributed by atoms with Gasteiger partial charge in [-0.1, -0.05) is 6.07 Å². The summed E-state index contributed by atoms with van der Waals surface area (Å²) < 4.78 is 10.9. The molecule has 2 aliphatic rings. The van der Waals surface area contributed by atoms with Crippen LogP contribution < -0.4 is 14.8 Å². The third-order valence-corrected chi connectivity index (χ3v) is 4.91. The number of hydrogen-bond acceptors (Lipinski definition) is 8. The van der Waals surface area contributed by atoms with E-state index in [1.165, 1.54) is 6.07 Å². The van der Waals surface area contributed by atoms with Crippen LogP contribution in [-0.2, 0) is 4.79 Å². The number of aliphatic hydroxyl groups is 1. The fourth-order valence-corrected chi connectivity index (χ4v) is 3.33. The predicted molar refractivity (Wildman–Crippen MR) is 104 cm³/mol. The van der Waals surface area contributed by atoms with Crippen molar-refractivity contribution in [2.75, 3.05) is 26.3 Å². The molecule has 1 atom stereocenters. The van der Waals surface area contributed by atoms with Gasteiger partial charge in [0, 0.05) is 18.7 Å². The molecule has 0 spiro atoms. The molecular formula is C20H17N3O8. The lowest BCUT2D eigenvalue weighted by Gasteiger charge is -2.20. The van der Waals surface area contributed by atoms with Crippen molar-refractivity contribution in [3.63, 3.8) is 0 Å². The molecule has 11 nitrogen and oxygen atoms in total. The average Bonchev–Trinajstić information content (AvgIpc) is 3.01. The fraction of sp³-hybridized carbons (Fsp3) is 0.250. The fourth-order valence-electron chi connectivity index (χ4n) is 3.33. The normalized spacial score (nSPS) is 15.5. The van der Waals surface area contributed by atoms with Gasteiger partial charge < -0.3 is 19.9 Å². The Kier molecular flexibility index (Phi) is 5.26. The molecule has 11 heteroatoms. The number of ether oxygens (including phenoxy) is 2. The zero-order valence-corrected chi connectivity index (χ0v) is 16.1. The van der Waals surface area contributed by atoms with Crippen LogP contribution in [0.3, 0.4) is 0 Å². The van der Waals surface area contributed by atoms with Crippen molar-refractivity contribution in [2.45, 2.75) is 6.10 Å². The number of fused-ring (bicyclic) bond motifs is 2. The van der Waals surface area contributed by atoms with E-state index in [4.69, 9.17) is 9.47 Å². The van der Waals surface area contributed by atoms with Crippen molar-refractivity contribution in [3.8, 4) is 11.5 Å². The molecular weight excluding hydrogens is 410 g/mol. The highest BCUT2D eigenvalue weighted by atomic mass is 16.6. The first kappa shape index (κ1) is 20.3. The van der Waals surface area contributed by atoms with E-state index in [0.29, 0.717) is 35.2 Å². The van der Waals surface area contributed by atoms with E-state index in [1.807, 2.05) is 0 Å². The van der Waals surface area contributed by atoms with E-state index in [0.717, 1.165) is 12.1 Å². The minimum absolute atomic E-state index is 0.000266. The topological polar surface area (TPSA) is 148 Å². The summed E-state index contributed by atoms with van der Waals surface area (Å²) in [5.74, 6) is -1.10. The number of nitrogens with zero attached hydrogens (tertiary/aromatic N) is 2. The zero-order chi connectivity index (χ0) is 22.1. The van der Waals surface area contributed by atoms with Gasteiger partial charge in [-0.2, -0.15) is 0 Å². The quantitative estimate of drug-likeness (QED) is 0.391. The number of rotatable bonds is 6. The Morgan fingerprint density at radius 2 is 1.81 bits per heavy atom. The Morgan fingerprint density at radius 1 is 1.10 bits per heavy atom. The molecule has 2 aromatic rings. The Hall–Kier alpha value is -3.99. The van der Waals surface area contributed by atoms with Crippen molar-refractivity contribution in [1.29, 1.82) is 0 Å². The van der Waals surface area contributed by atoms with E-state index in [-0.39, 0.29) is 23.4 Å². The Balaban J connectivity index is 1.37. The van der Waals surface area contributed by atoms with Gasteiger partial charge in [0.05, 0.1) is 22.2 Å². The molecule has 2 aliphatic heterocycles. The van der Waals surface area contributed by atoms with Crippen molar-refractivity contribution in [2.24, 2.45) is 0 Å². The number of carbonyl (C=O) groups excluding carboxylic acids is 3. The summed E-state index contributed by atoms with van der Waals surface area (Å²) in [4.78, 5) is 48.0. The third kappa shape index (κ3) is 3.90. The van der Waals surface area contributed by atoms with Crippen molar-refractivity contribution >= 4 is 23.4 Å². The highest BCUT2D eigenvalue weighted by Gasteiger charge is 2.37. The summed E-state index contributed by atoms with van der Waals surface area (Å²) in [5.41, 5.74) is 0.0503. The summed E-state index contributed by atoms with van der Waals surface area (Å²) in [7, 11) is 0. The third-order valence-electron chi connectivity index (χ3n) is 4.91. The Labute approximate surface area is 175 Å². The number of imide groups is 1. The Bertz CT molecular complexity index is 1100. The SMILES string of the molecule is O=C(CN1C(=O)c2ccc([N+](=O)[O-])cc2C1=O)NCC(O)c1ccc2c(c1)OCCO2. The van der Waals surface area contributed by atoms with Gasteiger partial charge in [0.25, 0.3) is 17.5 Å². The molecule has 0 saturated carbocycles. The van der Waals surface area contributed by atoms with Crippen LogP contribution >= 0.6 is 0 Å². The van der Waals surface area contributed by atoms with Crippen molar-refractivity contribution in [1.82, 2.24) is 10.2 Å². The molecule has 0 aliphatic carbocycles. The highest BCUT2D eigenvalue weighted by molar-refractivity contribution is 6.22. The molecule has 0 saturated heterocycles. The molecule has 0 aromatic heterocycles. The first-order chi connectivity index (χ1) is 14.8. The van der Waals surface area contributed by atoms with E-state index >= 15 is 0 Å². The molecule has 160 valence electrons. The van der Waals surface area contributed by atoms with Crippen molar-refractivity contribution in [3.05, 3.63) is 63.2 Å². The number of hydrogen-bond donors (Lipinski definition) is 2. The van der Waals surface area contributed by atoms with Gasteiger partial charge in [-0.25, -0.2) is 0 Å². The molecule has 4 rings (SSSR count). The summed E-state index contributed by atoms with van der Waals surface area (Å²) in [5, 5.41) is 23.7. The smallest absolute Gasteiger partial charge is 0.270 e. The van der Waals surface area contributed by atoms with E-state index in [1.54, 1.807) is 18.2 Å². The number of aliphatic hydroxyl groups excluding tert-OH is 1. The van der Waals surface area contributed by atoms with Gasteiger partial charge in [-0.15, -0.1) is 0 Å². The van der Waals surface area contributed by atoms with Crippen LogP contribution in [0.25, 0.3) is 0 Å².